The molecule has 0 aromatic heterocycles. The lowest BCUT2D eigenvalue weighted by Crippen LogP contribution is -2.33. The third-order valence-corrected chi connectivity index (χ3v) is 5.06. The summed E-state index contributed by atoms with van der Waals surface area (Å²) in [5.74, 6) is 2.76. The van der Waals surface area contributed by atoms with Crippen molar-refractivity contribution in [1.82, 2.24) is 4.90 Å². The molecule has 1 atom stereocenters. The van der Waals surface area contributed by atoms with Crippen LogP contribution in [0.25, 0.3) is 0 Å². The lowest BCUT2D eigenvalue weighted by Gasteiger charge is -2.34. The summed E-state index contributed by atoms with van der Waals surface area (Å²) in [5, 5.41) is 10.4. The molecule has 24 heavy (non-hydrogen) atoms. The molecule has 0 bridgehead atoms. The average Bonchev–Trinajstić information content (AvgIpc) is 2.77. The number of hydrogen-bond acceptors (Lipinski definition) is 5. The highest BCUT2D eigenvalue weighted by molar-refractivity contribution is 5.60. The fraction of sp³-hybridized carbons (Fsp3) is 0.368. The molecule has 0 radical (unpaired) electrons. The van der Waals surface area contributed by atoms with E-state index in [4.69, 9.17) is 14.2 Å². The molecule has 0 fully saturated rings. The minimum absolute atomic E-state index is 0.176. The van der Waals surface area contributed by atoms with Crippen LogP contribution in [0.3, 0.4) is 0 Å². The maximum Gasteiger partial charge on any atom is 0.174 e. The Hall–Kier alpha value is -2.40. The quantitative estimate of drug-likeness (QED) is 0.917. The number of ether oxygens (including phenoxy) is 3. The van der Waals surface area contributed by atoms with E-state index in [-0.39, 0.29) is 11.8 Å². The van der Waals surface area contributed by atoms with Crippen LogP contribution in [0.5, 0.6) is 28.7 Å². The first-order valence-corrected chi connectivity index (χ1v) is 8.10. The minimum Gasteiger partial charge on any atom is -0.504 e. The molecule has 0 spiro atoms. The van der Waals surface area contributed by atoms with Gasteiger partial charge < -0.3 is 19.3 Å². The summed E-state index contributed by atoms with van der Waals surface area (Å²) in [6, 6.07) is 7.72. The van der Waals surface area contributed by atoms with Crippen molar-refractivity contribution in [3.8, 4) is 28.7 Å². The molecule has 2 heterocycles. The molecule has 0 saturated carbocycles. The third-order valence-electron chi connectivity index (χ3n) is 5.06. The maximum atomic E-state index is 10.4. The molecule has 2 aromatic carbocycles. The van der Waals surface area contributed by atoms with Crippen LogP contribution >= 0.6 is 0 Å². The first-order chi connectivity index (χ1) is 11.6. The average molecular weight is 327 g/mol. The first-order valence-electron chi connectivity index (χ1n) is 8.10. The molecule has 4 rings (SSSR count). The molecular weight excluding hydrogens is 306 g/mol. The minimum atomic E-state index is 0.176. The summed E-state index contributed by atoms with van der Waals surface area (Å²) in [6.45, 7) is 0.991. The lowest BCUT2D eigenvalue weighted by atomic mass is 9.88. The van der Waals surface area contributed by atoms with Crippen molar-refractivity contribution in [3.63, 3.8) is 0 Å². The molecule has 1 N–H and O–H groups in total. The Kier molecular flexibility index (Phi) is 3.53. The Balaban J connectivity index is 1.92. The smallest absolute Gasteiger partial charge is 0.174 e. The number of benzene rings is 2. The second-order valence-electron chi connectivity index (χ2n) is 6.35. The largest absolute Gasteiger partial charge is 0.504 e. The number of methoxy groups -OCH3 is 2. The Bertz CT molecular complexity index is 802. The molecule has 126 valence electrons. The van der Waals surface area contributed by atoms with Gasteiger partial charge in [0.15, 0.2) is 23.0 Å². The molecule has 2 aliphatic rings. The monoisotopic (exact) mass is 327 g/mol. The molecule has 0 aliphatic carbocycles. The van der Waals surface area contributed by atoms with Crippen molar-refractivity contribution >= 4 is 0 Å². The Morgan fingerprint density at radius 3 is 2.62 bits per heavy atom. The first kappa shape index (κ1) is 15.1. The van der Waals surface area contributed by atoms with Gasteiger partial charge in [0, 0.05) is 29.8 Å². The summed E-state index contributed by atoms with van der Waals surface area (Å²) >= 11 is 0. The molecule has 2 aliphatic heterocycles. The lowest BCUT2D eigenvalue weighted by molar-refractivity contribution is 0.228. The van der Waals surface area contributed by atoms with Crippen LogP contribution in [0.2, 0.25) is 0 Å². The van der Waals surface area contributed by atoms with E-state index in [0.717, 1.165) is 30.5 Å². The number of aromatic hydroxyl groups is 1. The Labute approximate surface area is 141 Å². The maximum absolute atomic E-state index is 10.4. The summed E-state index contributed by atoms with van der Waals surface area (Å²) < 4.78 is 17.0. The Morgan fingerprint density at radius 1 is 1.12 bits per heavy atom. The van der Waals surface area contributed by atoms with E-state index in [0.29, 0.717) is 23.0 Å². The van der Waals surface area contributed by atoms with Crippen molar-refractivity contribution in [1.29, 1.82) is 0 Å². The van der Waals surface area contributed by atoms with Gasteiger partial charge in [-0.15, -0.1) is 0 Å². The van der Waals surface area contributed by atoms with Crippen LogP contribution in [-0.4, -0.2) is 37.8 Å². The Morgan fingerprint density at radius 2 is 1.88 bits per heavy atom. The van der Waals surface area contributed by atoms with Crippen LogP contribution in [0.4, 0.5) is 0 Å². The van der Waals surface area contributed by atoms with Crippen LogP contribution < -0.4 is 14.2 Å². The zero-order chi connectivity index (χ0) is 16.8. The van der Waals surface area contributed by atoms with E-state index in [1.54, 1.807) is 20.3 Å². The van der Waals surface area contributed by atoms with Gasteiger partial charge in [0.1, 0.15) is 5.75 Å². The van der Waals surface area contributed by atoms with Crippen molar-refractivity contribution in [2.45, 2.75) is 18.9 Å². The predicted octanol–water partition coefficient (Wildman–Crippen LogP) is 3.29. The summed E-state index contributed by atoms with van der Waals surface area (Å²) in [6.07, 6.45) is 1.76. The summed E-state index contributed by atoms with van der Waals surface area (Å²) in [5.41, 5.74) is 3.39. The highest BCUT2D eigenvalue weighted by Crippen LogP contribution is 2.50. The number of phenolic OH excluding ortho intramolecular Hbond substituents is 1. The summed E-state index contributed by atoms with van der Waals surface area (Å²) in [7, 11) is 5.36. The third kappa shape index (κ3) is 2.19. The normalized spacial score (nSPS) is 18.9. The van der Waals surface area contributed by atoms with Gasteiger partial charge in [-0.1, -0.05) is 6.07 Å². The number of fused-ring (bicyclic) bond motifs is 1. The second kappa shape index (κ2) is 5.60. The number of rotatable bonds is 2. The van der Waals surface area contributed by atoms with E-state index in [2.05, 4.69) is 11.9 Å². The SMILES string of the molecule is COc1cc2c(cc1OC)Oc1c(O)ccc3c1[C@@H](C2)N(C)CC3. The van der Waals surface area contributed by atoms with Gasteiger partial charge in [-0.05, 0) is 37.6 Å². The van der Waals surface area contributed by atoms with Crippen molar-refractivity contribution in [2.75, 3.05) is 27.8 Å². The van der Waals surface area contributed by atoms with Gasteiger partial charge in [-0.25, -0.2) is 0 Å². The number of phenols is 1. The number of nitrogens with zero attached hydrogens (tertiary/aromatic N) is 1. The number of likely N-dealkylation sites (N-methyl/N-ethyl adjacent to an activating group) is 1. The van der Waals surface area contributed by atoms with Crippen molar-refractivity contribution < 1.29 is 19.3 Å². The van der Waals surface area contributed by atoms with Gasteiger partial charge in [-0.3, -0.25) is 4.90 Å². The van der Waals surface area contributed by atoms with Crippen LogP contribution in [0, 0.1) is 0 Å². The summed E-state index contributed by atoms with van der Waals surface area (Å²) in [4.78, 5) is 2.32. The van der Waals surface area contributed by atoms with Crippen molar-refractivity contribution in [3.05, 3.63) is 41.0 Å². The molecule has 0 saturated heterocycles. The van der Waals surface area contributed by atoms with E-state index >= 15 is 0 Å². The van der Waals surface area contributed by atoms with Crippen LogP contribution in [-0.2, 0) is 12.8 Å². The molecule has 5 heteroatoms. The topological polar surface area (TPSA) is 51.2 Å². The van der Waals surface area contributed by atoms with Gasteiger partial charge in [0.2, 0.25) is 0 Å². The van der Waals surface area contributed by atoms with E-state index in [9.17, 15) is 5.11 Å². The fourth-order valence-electron chi connectivity index (χ4n) is 3.73. The van der Waals surface area contributed by atoms with E-state index in [1.165, 1.54) is 5.56 Å². The van der Waals surface area contributed by atoms with E-state index < -0.39 is 0 Å². The molecule has 2 aromatic rings. The zero-order valence-corrected chi connectivity index (χ0v) is 14.1. The second-order valence-corrected chi connectivity index (χ2v) is 6.35. The van der Waals surface area contributed by atoms with E-state index in [1.807, 2.05) is 18.2 Å². The van der Waals surface area contributed by atoms with Crippen molar-refractivity contribution in [2.24, 2.45) is 0 Å². The van der Waals surface area contributed by atoms with Gasteiger partial charge in [0.25, 0.3) is 0 Å². The molecule has 5 nitrogen and oxygen atoms in total. The van der Waals surface area contributed by atoms with Crippen LogP contribution in [0.15, 0.2) is 24.3 Å². The number of hydrogen-bond donors (Lipinski definition) is 1. The molecule has 0 unspecified atom stereocenters. The molecular formula is C19H21NO4. The highest BCUT2D eigenvalue weighted by atomic mass is 16.5. The van der Waals surface area contributed by atoms with Gasteiger partial charge in [0.05, 0.1) is 14.2 Å². The molecule has 0 amide bonds. The standard InChI is InChI=1S/C19H21NO4/c1-20-7-6-11-4-5-14(21)19-18(11)13(20)8-12-9-16(22-2)17(23-3)10-15(12)24-19/h4-5,9-10,13,21H,6-8H2,1-3H3/t13-/m1/s1. The predicted molar refractivity (Wildman–Crippen MR) is 90.5 cm³/mol. The fourth-order valence-corrected chi connectivity index (χ4v) is 3.73. The zero-order valence-electron chi connectivity index (χ0n) is 14.1. The highest BCUT2D eigenvalue weighted by Gasteiger charge is 2.34. The van der Waals surface area contributed by atoms with Gasteiger partial charge in [-0.2, -0.15) is 0 Å². The van der Waals surface area contributed by atoms with Gasteiger partial charge >= 0.3 is 0 Å². The van der Waals surface area contributed by atoms with Crippen LogP contribution in [0.1, 0.15) is 22.7 Å².